The standard InChI is InChI=1S/C14H22N2O/c1-2-13(17)15-14-11-8-16(9-12(11)14)7-10-5-3-4-6-10/h2,10-12,14H,1,3-9H2,(H,15,17)/t11-,12+,14?. The van der Waals surface area contributed by atoms with Gasteiger partial charge in [0.05, 0.1) is 0 Å². The largest absolute Gasteiger partial charge is 0.349 e. The number of rotatable bonds is 4. The molecule has 3 rings (SSSR count). The summed E-state index contributed by atoms with van der Waals surface area (Å²) in [7, 11) is 0. The molecule has 0 spiro atoms. The van der Waals surface area contributed by atoms with E-state index in [9.17, 15) is 4.79 Å². The van der Waals surface area contributed by atoms with Gasteiger partial charge in [0.25, 0.3) is 0 Å². The second-order valence-electron chi connectivity index (χ2n) is 5.94. The van der Waals surface area contributed by atoms with E-state index in [0.717, 1.165) is 17.8 Å². The number of amides is 1. The number of fused-ring (bicyclic) bond motifs is 1. The summed E-state index contributed by atoms with van der Waals surface area (Å²) in [5.41, 5.74) is 0. The van der Waals surface area contributed by atoms with Crippen LogP contribution in [0.5, 0.6) is 0 Å². The van der Waals surface area contributed by atoms with Crippen LogP contribution in [0.2, 0.25) is 0 Å². The number of nitrogens with zero attached hydrogens (tertiary/aromatic N) is 1. The minimum Gasteiger partial charge on any atom is -0.349 e. The Kier molecular flexibility index (Phi) is 2.95. The van der Waals surface area contributed by atoms with E-state index in [-0.39, 0.29) is 5.91 Å². The Hall–Kier alpha value is -0.830. The Bertz CT molecular complexity index is 310. The van der Waals surface area contributed by atoms with Crippen LogP contribution in [0.3, 0.4) is 0 Å². The van der Waals surface area contributed by atoms with Gasteiger partial charge >= 0.3 is 0 Å². The summed E-state index contributed by atoms with van der Waals surface area (Å²) in [4.78, 5) is 13.8. The highest BCUT2D eigenvalue weighted by Crippen LogP contribution is 2.46. The smallest absolute Gasteiger partial charge is 0.243 e. The fraction of sp³-hybridized carbons (Fsp3) is 0.786. The summed E-state index contributed by atoms with van der Waals surface area (Å²) in [5, 5.41) is 3.04. The van der Waals surface area contributed by atoms with Crippen LogP contribution in [-0.4, -0.2) is 36.5 Å². The van der Waals surface area contributed by atoms with E-state index in [2.05, 4.69) is 16.8 Å². The molecule has 3 nitrogen and oxygen atoms in total. The molecule has 0 bridgehead atoms. The van der Waals surface area contributed by atoms with Crippen molar-refractivity contribution in [1.82, 2.24) is 10.2 Å². The number of likely N-dealkylation sites (tertiary alicyclic amines) is 1. The van der Waals surface area contributed by atoms with E-state index in [4.69, 9.17) is 0 Å². The highest BCUT2D eigenvalue weighted by atomic mass is 16.1. The van der Waals surface area contributed by atoms with Crippen LogP contribution in [0, 0.1) is 17.8 Å². The lowest BCUT2D eigenvalue weighted by Gasteiger charge is -2.23. The molecule has 0 aromatic carbocycles. The van der Waals surface area contributed by atoms with Crippen molar-refractivity contribution in [1.29, 1.82) is 0 Å². The molecule has 1 unspecified atom stereocenters. The quantitative estimate of drug-likeness (QED) is 0.746. The molecule has 2 saturated carbocycles. The maximum absolute atomic E-state index is 11.2. The van der Waals surface area contributed by atoms with Gasteiger partial charge in [-0.3, -0.25) is 4.79 Å². The van der Waals surface area contributed by atoms with Gasteiger partial charge in [-0.1, -0.05) is 19.4 Å². The zero-order valence-electron chi connectivity index (χ0n) is 10.4. The Morgan fingerprint density at radius 3 is 2.53 bits per heavy atom. The molecule has 0 radical (unpaired) electrons. The van der Waals surface area contributed by atoms with E-state index < -0.39 is 0 Å². The molecule has 3 atom stereocenters. The summed E-state index contributed by atoms with van der Waals surface area (Å²) in [5.74, 6) is 2.39. The van der Waals surface area contributed by atoms with Crippen molar-refractivity contribution in [2.75, 3.05) is 19.6 Å². The molecule has 1 N–H and O–H groups in total. The molecule has 2 aliphatic carbocycles. The molecule has 3 heteroatoms. The first kappa shape index (κ1) is 11.3. The second-order valence-corrected chi connectivity index (χ2v) is 5.94. The maximum Gasteiger partial charge on any atom is 0.243 e. The predicted octanol–water partition coefficient (Wildman–Crippen LogP) is 1.41. The second kappa shape index (κ2) is 4.45. The molecule has 3 aliphatic rings. The van der Waals surface area contributed by atoms with Crippen LogP contribution in [0.25, 0.3) is 0 Å². The lowest BCUT2D eigenvalue weighted by Crippen LogP contribution is -2.35. The number of hydrogen-bond donors (Lipinski definition) is 1. The molecule has 0 aromatic rings. The molecule has 1 aliphatic heterocycles. The minimum absolute atomic E-state index is 0.00765. The molecular weight excluding hydrogens is 212 g/mol. The molecule has 1 saturated heterocycles. The van der Waals surface area contributed by atoms with Gasteiger partial charge in [-0.15, -0.1) is 0 Å². The van der Waals surface area contributed by atoms with Gasteiger partial charge in [0.1, 0.15) is 0 Å². The lowest BCUT2D eigenvalue weighted by molar-refractivity contribution is -0.116. The molecule has 0 aromatic heterocycles. The van der Waals surface area contributed by atoms with Gasteiger partial charge in [-0.25, -0.2) is 0 Å². The molecular formula is C14H22N2O. The Morgan fingerprint density at radius 2 is 1.94 bits per heavy atom. The molecule has 94 valence electrons. The third kappa shape index (κ3) is 2.25. The van der Waals surface area contributed by atoms with E-state index >= 15 is 0 Å². The maximum atomic E-state index is 11.2. The minimum atomic E-state index is -0.00765. The highest BCUT2D eigenvalue weighted by Gasteiger charge is 2.56. The predicted molar refractivity (Wildman–Crippen MR) is 67.5 cm³/mol. The van der Waals surface area contributed by atoms with Gasteiger partial charge in [0.15, 0.2) is 0 Å². The van der Waals surface area contributed by atoms with Gasteiger partial charge in [0.2, 0.25) is 5.91 Å². The number of hydrogen-bond acceptors (Lipinski definition) is 2. The third-order valence-corrected chi connectivity index (χ3v) is 4.76. The van der Waals surface area contributed by atoms with Crippen LogP contribution in [0.15, 0.2) is 12.7 Å². The lowest BCUT2D eigenvalue weighted by atomic mass is 10.1. The van der Waals surface area contributed by atoms with Crippen LogP contribution in [0.4, 0.5) is 0 Å². The van der Waals surface area contributed by atoms with Crippen molar-refractivity contribution >= 4 is 5.91 Å². The molecule has 3 fully saturated rings. The first-order valence-corrected chi connectivity index (χ1v) is 6.93. The van der Waals surface area contributed by atoms with Gasteiger partial charge < -0.3 is 10.2 Å². The Balaban J connectivity index is 1.42. The monoisotopic (exact) mass is 234 g/mol. The Labute approximate surface area is 103 Å². The third-order valence-electron chi connectivity index (χ3n) is 4.76. The highest BCUT2D eigenvalue weighted by molar-refractivity contribution is 5.87. The van der Waals surface area contributed by atoms with E-state index in [0.29, 0.717) is 6.04 Å². The average Bonchev–Trinajstić information content (AvgIpc) is 2.81. The number of piperidine rings is 1. The molecule has 1 heterocycles. The number of carbonyl (C=O) groups is 1. The first-order valence-electron chi connectivity index (χ1n) is 6.93. The number of nitrogens with one attached hydrogen (secondary N) is 1. The summed E-state index contributed by atoms with van der Waals surface area (Å²) in [6, 6.07) is 0.445. The van der Waals surface area contributed by atoms with Gasteiger partial charge in [-0.2, -0.15) is 0 Å². The van der Waals surface area contributed by atoms with E-state index in [1.807, 2.05) is 0 Å². The molecule has 17 heavy (non-hydrogen) atoms. The normalized spacial score (nSPS) is 36.8. The summed E-state index contributed by atoms with van der Waals surface area (Å²) >= 11 is 0. The number of carbonyl (C=O) groups excluding carboxylic acids is 1. The van der Waals surface area contributed by atoms with Crippen molar-refractivity contribution in [3.63, 3.8) is 0 Å². The summed E-state index contributed by atoms with van der Waals surface area (Å²) in [6.45, 7) is 7.19. The van der Waals surface area contributed by atoms with Gasteiger partial charge in [0, 0.05) is 25.7 Å². The molecule has 1 amide bonds. The zero-order valence-corrected chi connectivity index (χ0v) is 10.4. The van der Waals surface area contributed by atoms with Crippen molar-refractivity contribution in [2.24, 2.45) is 17.8 Å². The van der Waals surface area contributed by atoms with Crippen molar-refractivity contribution in [2.45, 2.75) is 31.7 Å². The van der Waals surface area contributed by atoms with Crippen molar-refractivity contribution in [3.8, 4) is 0 Å². The topological polar surface area (TPSA) is 32.3 Å². The van der Waals surface area contributed by atoms with E-state index in [1.165, 1.54) is 51.4 Å². The van der Waals surface area contributed by atoms with Crippen molar-refractivity contribution in [3.05, 3.63) is 12.7 Å². The van der Waals surface area contributed by atoms with Crippen molar-refractivity contribution < 1.29 is 4.79 Å². The average molecular weight is 234 g/mol. The SMILES string of the molecule is C=CC(=O)NC1[C@H]2CN(CC3CCCC3)C[C@@H]12. The van der Waals surface area contributed by atoms with Crippen LogP contribution in [0.1, 0.15) is 25.7 Å². The summed E-state index contributed by atoms with van der Waals surface area (Å²) < 4.78 is 0. The fourth-order valence-corrected chi connectivity index (χ4v) is 3.76. The zero-order chi connectivity index (χ0) is 11.8. The Morgan fingerprint density at radius 1 is 1.29 bits per heavy atom. The first-order chi connectivity index (χ1) is 8.28. The fourth-order valence-electron chi connectivity index (χ4n) is 3.76. The van der Waals surface area contributed by atoms with Crippen LogP contribution < -0.4 is 5.32 Å². The van der Waals surface area contributed by atoms with Gasteiger partial charge in [-0.05, 0) is 36.7 Å². The van der Waals surface area contributed by atoms with Crippen LogP contribution >= 0.6 is 0 Å². The summed E-state index contributed by atoms with van der Waals surface area (Å²) in [6.07, 6.45) is 7.11. The van der Waals surface area contributed by atoms with E-state index in [1.54, 1.807) is 0 Å². The van der Waals surface area contributed by atoms with Crippen LogP contribution in [-0.2, 0) is 4.79 Å².